The summed E-state index contributed by atoms with van der Waals surface area (Å²) in [4.78, 5) is 10.6. The van der Waals surface area contributed by atoms with Gasteiger partial charge < -0.3 is 10.0 Å². The van der Waals surface area contributed by atoms with Crippen LogP contribution in [0.25, 0.3) is 11.1 Å². The molecular formula is C16H19N3O. The van der Waals surface area contributed by atoms with Gasteiger partial charge in [-0.3, -0.25) is 0 Å². The Kier molecular flexibility index (Phi) is 3.65. The Morgan fingerprint density at radius 3 is 2.60 bits per heavy atom. The average molecular weight is 269 g/mol. The van der Waals surface area contributed by atoms with E-state index < -0.39 is 0 Å². The highest BCUT2D eigenvalue weighted by atomic mass is 16.3. The zero-order chi connectivity index (χ0) is 13.9. The number of hydrogen-bond acceptors (Lipinski definition) is 4. The van der Waals surface area contributed by atoms with Crippen molar-refractivity contribution in [3.63, 3.8) is 0 Å². The zero-order valence-corrected chi connectivity index (χ0v) is 11.7. The van der Waals surface area contributed by atoms with E-state index in [4.69, 9.17) is 5.11 Å². The van der Waals surface area contributed by atoms with Gasteiger partial charge in [0.25, 0.3) is 0 Å². The van der Waals surface area contributed by atoms with Gasteiger partial charge in [0, 0.05) is 31.5 Å². The fourth-order valence-electron chi connectivity index (χ4n) is 2.67. The first kappa shape index (κ1) is 13.1. The molecule has 0 aliphatic heterocycles. The third-order valence-corrected chi connectivity index (χ3v) is 3.85. The second-order valence-electron chi connectivity index (χ2n) is 5.25. The van der Waals surface area contributed by atoms with Crippen LogP contribution in [0.5, 0.6) is 0 Å². The van der Waals surface area contributed by atoms with Gasteiger partial charge in [0.2, 0.25) is 5.95 Å². The quantitative estimate of drug-likeness (QED) is 0.923. The number of aryl methyl sites for hydroxylation is 2. The number of hydrogen-bond donors (Lipinski definition) is 1. The molecule has 0 atom stereocenters. The molecule has 1 aromatic carbocycles. The van der Waals surface area contributed by atoms with E-state index in [1.807, 2.05) is 24.3 Å². The van der Waals surface area contributed by atoms with Crippen molar-refractivity contribution >= 4 is 5.95 Å². The summed E-state index contributed by atoms with van der Waals surface area (Å²) in [5.74, 6) is 0.643. The van der Waals surface area contributed by atoms with E-state index in [1.165, 1.54) is 36.0 Å². The van der Waals surface area contributed by atoms with Crippen LogP contribution in [-0.2, 0) is 12.8 Å². The average Bonchev–Trinajstić information content (AvgIpc) is 2.95. The maximum atomic E-state index is 8.92. The highest BCUT2D eigenvalue weighted by molar-refractivity contribution is 5.64. The molecule has 4 nitrogen and oxygen atoms in total. The Hall–Kier alpha value is -1.94. The second-order valence-corrected chi connectivity index (χ2v) is 5.25. The molecule has 1 heterocycles. The van der Waals surface area contributed by atoms with Crippen molar-refractivity contribution < 1.29 is 5.11 Å². The Bertz CT molecular complexity index is 595. The summed E-state index contributed by atoms with van der Waals surface area (Å²) in [5.41, 5.74) is 5.17. The molecule has 1 aromatic heterocycles. The molecule has 1 N–H and O–H groups in total. The van der Waals surface area contributed by atoms with E-state index in [-0.39, 0.29) is 6.61 Å². The van der Waals surface area contributed by atoms with E-state index in [2.05, 4.69) is 28.2 Å². The molecule has 20 heavy (non-hydrogen) atoms. The van der Waals surface area contributed by atoms with Crippen molar-refractivity contribution in [2.75, 3.05) is 25.1 Å². The molecule has 1 aliphatic carbocycles. The van der Waals surface area contributed by atoms with E-state index >= 15 is 0 Å². The summed E-state index contributed by atoms with van der Waals surface area (Å²) >= 11 is 0. The lowest BCUT2D eigenvalue weighted by molar-refractivity contribution is 0.303. The van der Waals surface area contributed by atoms with Crippen LogP contribution in [-0.4, -0.2) is 35.3 Å². The second kappa shape index (κ2) is 5.59. The third kappa shape index (κ3) is 2.51. The number of aromatic nitrogens is 2. The molecule has 4 heteroatoms. The van der Waals surface area contributed by atoms with Gasteiger partial charge in [0.15, 0.2) is 0 Å². The minimum atomic E-state index is 0.104. The predicted molar refractivity (Wildman–Crippen MR) is 79.8 cm³/mol. The van der Waals surface area contributed by atoms with Gasteiger partial charge in [-0.25, -0.2) is 9.97 Å². The van der Waals surface area contributed by atoms with Crippen molar-refractivity contribution in [3.8, 4) is 11.1 Å². The smallest absolute Gasteiger partial charge is 0.225 e. The van der Waals surface area contributed by atoms with Gasteiger partial charge >= 0.3 is 0 Å². The lowest BCUT2D eigenvalue weighted by Gasteiger charge is -2.15. The first-order chi connectivity index (χ1) is 9.78. The molecule has 1 aliphatic rings. The maximum absolute atomic E-state index is 8.92. The molecule has 0 saturated heterocycles. The predicted octanol–water partition coefficient (Wildman–Crippen LogP) is 2.06. The fourth-order valence-corrected chi connectivity index (χ4v) is 2.67. The Morgan fingerprint density at radius 2 is 1.85 bits per heavy atom. The number of benzene rings is 1. The summed E-state index contributed by atoms with van der Waals surface area (Å²) in [6, 6.07) is 6.64. The van der Waals surface area contributed by atoms with Crippen molar-refractivity contribution in [2.45, 2.75) is 19.3 Å². The SMILES string of the molecule is CN(CCO)c1ncc(-c2ccc3c(c2)CCC3)cn1. The topological polar surface area (TPSA) is 49.2 Å². The van der Waals surface area contributed by atoms with E-state index in [0.29, 0.717) is 12.5 Å². The molecule has 0 amide bonds. The molecule has 2 aromatic rings. The largest absolute Gasteiger partial charge is 0.395 e. The van der Waals surface area contributed by atoms with Crippen molar-refractivity contribution in [1.29, 1.82) is 0 Å². The van der Waals surface area contributed by atoms with Crippen molar-refractivity contribution in [3.05, 3.63) is 41.7 Å². The number of aliphatic hydroxyl groups is 1. The number of aliphatic hydroxyl groups excluding tert-OH is 1. The summed E-state index contributed by atoms with van der Waals surface area (Å²) in [6.45, 7) is 0.643. The Morgan fingerprint density at radius 1 is 1.10 bits per heavy atom. The molecule has 0 radical (unpaired) electrons. The standard InChI is InChI=1S/C16H19N3O/c1-19(7-8-20)16-17-10-15(11-18-16)14-6-5-12-3-2-4-13(12)9-14/h5-6,9-11,20H,2-4,7-8H2,1H3. The normalized spacial score (nSPS) is 13.3. The minimum absolute atomic E-state index is 0.104. The number of nitrogens with zero attached hydrogens (tertiary/aromatic N) is 3. The van der Waals surface area contributed by atoms with Crippen LogP contribution in [0, 0.1) is 0 Å². The first-order valence-corrected chi connectivity index (χ1v) is 7.04. The monoisotopic (exact) mass is 269 g/mol. The van der Waals surface area contributed by atoms with Crippen LogP contribution < -0.4 is 4.90 Å². The summed E-state index contributed by atoms with van der Waals surface area (Å²) < 4.78 is 0. The fraction of sp³-hybridized carbons (Fsp3) is 0.375. The molecule has 0 bridgehead atoms. The Labute approximate surface area is 119 Å². The molecule has 0 fully saturated rings. The van der Waals surface area contributed by atoms with Crippen molar-refractivity contribution in [1.82, 2.24) is 9.97 Å². The molecule has 104 valence electrons. The molecule has 3 rings (SSSR count). The highest BCUT2D eigenvalue weighted by Crippen LogP contribution is 2.27. The lowest BCUT2D eigenvalue weighted by atomic mass is 10.0. The summed E-state index contributed by atoms with van der Waals surface area (Å²) in [7, 11) is 1.88. The highest BCUT2D eigenvalue weighted by Gasteiger charge is 2.12. The molecule has 0 saturated carbocycles. The minimum Gasteiger partial charge on any atom is -0.395 e. The molecular weight excluding hydrogens is 250 g/mol. The van der Waals surface area contributed by atoms with Gasteiger partial charge in [-0.1, -0.05) is 18.2 Å². The molecule has 0 spiro atoms. The zero-order valence-electron chi connectivity index (χ0n) is 11.7. The van der Waals surface area contributed by atoms with Crippen molar-refractivity contribution in [2.24, 2.45) is 0 Å². The molecule has 0 unspecified atom stereocenters. The number of anilines is 1. The third-order valence-electron chi connectivity index (χ3n) is 3.85. The van der Waals surface area contributed by atoms with Gasteiger partial charge in [-0.05, 0) is 36.0 Å². The van der Waals surface area contributed by atoms with Crippen LogP contribution in [0.3, 0.4) is 0 Å². The first-order valence-electron chi connectivity index (χ1n) is 7.04. The van der Waals surface area contributed by atoms with E-state index in [0.717, 1.165) is 5.56 Å². The van der Waals surface area contributed by atoms with E-state index in [1.54, 1.807) is 0 Å². The van der Waals surface area contributed by atoms with Crippen LogP contribution in [0.15, 0.2) is 30.6 Å². The van der Waals surface area contributed by atoms with Gasteiger partial charge in [-0.2, -0.15) is 0 Å². The summed E-state index contributed by atoms with van der Waals surface area (Å²) in [6.07, 6.45) is 7.36. The van der Waals surface area contributed by atoms with Gasteiger partial charge in [0.1, 0.15) is 0 Å². The van der Waals surface area contributed by atoms with Gasteiger partial charge in [0.05, 0.1) is 6.61 Å². The van der Waals surface area contributed by atoms with Crippen LogP contribution in [0.1, 0.15) is 17.5 Å². The van der Waals surface area contributed by atoms with Crippen LogP contribution >= 0.6 is 0 Å². The lowest BCUT2D eigenvalue weighted by Crippen LogP contribution is -2.23. The summed E-state index contributed by atoms with van der Waals surface area (Å²) in [5, 5.41) is 8.92. The maximum Gasteiger partial charge on any atom is 0.225 e. The number of likely N-dealkylation sites (N-methyl/N-ethyl adjacent to an activating group) is 1. The Balaban J connectivity index is 1.84. The van der Waals surface area contributed by atoms with Gasteiger partial charge in [-0.15, -0.1) is 0 Å². The van der Waals surface area contributed by atoms with E-state index in [9.17, 15) is 0 Å². The van der Waals surface area contributed by atoms with Crippen LogP contribution in [0.2, 0.25) is 0 Å². The van der Waals surface area contributed by atoms with Crippen LogP contribution in [0.4, 0.5) is 5.95 Å². The number of fused-ring (bicyclic) bond motifs is 1. The number of rotatable bonds is 4.